The molecule has 0 aliphatic heterocycles. The largest absolute Gasteiger partial charge is 0.269 e. The lowest BCUT2D eigenvalue weighted by molar-refractivity contribution is 0.0844. The molecule has 0 bridgehead atoms. The molecular weight excluding hydrogens is 544 g/mol. The van der Waals surface area contributed by atoms with Crippen LogP contribution >= 0.6 is 31.9 Å². The average Bonchev–Trinajstić information content (AvgIpc) is 2.81. The third kappa shape index (κ3) is 6.25. The van der Waals surface area contributed by atoms with Gasteiger partial charge >= 0.3 is 0 Å². The summed E-state index contributed by atoms with van der Waals surface area (Å²) in [6, 6.07) is 19.0. The molecule has 3 aromatic carbocycles. The zero-order chi connectivity index (χ0) is 23.1. The van der Waals surface area contributed by atoms with Crippen LogP contribution in [0.4, 0.5) is 0 Å². The minimum Gasteiger partial charge on any atom is -0.267 e. The molecule has 0 spiro atoms. The van der Waals surface area contributed by atoms with Gasteiger partial charge in [-0.25, -0.2) is 0 Å². The average molecular weight is 560 g/mol. The van der Waals surface area contributed by atoms with Crippen LogP contribution in [-0.4, -0.2) is 23.6 Å². The van der Waals surface area contributed by atoms with Crippen molar-refractivity contribution in [3.05, 3.63) is 104 Å². The van der Waals surface area contributed by atoms with Gasteiger partial charge in [-0.2, -0.15) is 0 Å². The second-order valence-electron chi connectivity index (χ2n) is 6.41. The number of hydrogen-bond acceptors (Lipinski definition) is 4. The summed E-state index contributed by atoms with van der Waals surface area (Å²) in [6.07, 6.45) is 0. The highest BCUT2D eigenvalue weighted by molar-refractivity contribution is 9.10. The van der Waals surface area contributed by atoms with E-state index in [2.05, 4.69) is 53.6 Å². The number of halogens is 2. The summed E-state index contributed by atoms with van der Waals surface area (Å²) in [5.74, 6) is -2.04. The normalized spacial score (nSPS) is 10.1. The highest BCUT2D eigenvalue weighted by Crippen LogP contribution is 2.11. The van der Waals surface area contributed by atoms with Crippen molar-refractivity contribution in [3.63, 3.8) is 0 Å². The Labute approximate surface area is 200 Å². The molecule has 162 valence electrons. The minimum atomic E-state index is -0.550. The third-order valence-corrected chi connectivity index (χ3v) is 5.26. The number of nitrogens with one attached hydrogen (secondary N) is 4. The van der Waals surface area contributed by atoms with E-state index < -0.39 is 23.6 Å². The van der Waals surface area contributed by atoms with E-state index in [1.165, 1.54) is 24.3 Å². The molecule has 8 nitrogen and oxygen atoms in total. The number of rotatable bonds is 4. The fourth-order valence-corrected chi connectivity index (χ4v) is 3.02. The zero-order valence-corrected chi connectivity index (χ0v) is 19.5. The molecule has 0 unspecified atom stereocenters. The van der Waals surface area contributed by atoms with Gasteiger partial charge in [-0.05, 0) is 72.8 Å². The Balaban J connectivity index is 1.51. The number of benzene rings is 3. The van der Waals surface area contributed by atoms with E-state index in [1.807, 2.05) is 0 Å². The zero-order valence-electron chi connectivity index (χ0n) is 16.3. The van der Waals surface area contributed by atoms with E-state index in [4.69, 9.17) is 0 Å². The van der Waals surface area contributed by atoms with E-state index in [9.17, 15) is 19.2 Å². The maximum absolute atomic E-state index is 12.2. The smallest absolute Gasteiger partial charge is 0.267 e. The second-order valence-corrected chi connectivity index (χ2v) is 8.24. The van der Waals surface area contributed by atoms with E-state index in [1.54, 1.807) is 48.5 Å². The quantitative estimate of drug-likeness (QED) is 0.367. The van der Waals surface area contributed by atoms with Crippen LogP contribution in [0, 0.1) is 0 Å². The Kier molecular flexibility index (Phi) is 7.74. The summed E-state index contributed by atoms with van der Waals surface area (Å²) in [4.78, 5) is 48.5. The molecule has 0 fully saturated rings. The monoisotopic (exact) mass is 558 g/mol. The molecule has 0 saturated carbocycles. The molecular formula is C22H16Br2N4O4. The number of amides is 4. The standard InChI is InChI=1S/C22H16Br2N4O4/c23-17-9-5-15(6-10-17)21(31)27-25-19(29)13-1-2-14(4-3-13)20(30)26-28-22(32)16-7-11-18(24)12-8-16/h1-12H,(H,25,29)(H,26,30)(H,27,31)(H,28,32). The van der Waals surface area contributed by atoms with Gasteiger partial charge in [-0.1, -0.05) is 31.9 Å². The molecule has 10 heteroatoms. The van der Waals surface area contributed by atoms with Crippen LogP contribution in [0.2, 0.25) is 0 Å². The molecule has 4 N–H and O–H groups in total. The van der Waals surface area contributed by atoms with Crippen LogP contribution in [0.3, 0.4) is 0 Å². The Hall–Kier alpha value is -3.50. The van der Waals surface area contributed by atoms with E-state index in [0.717, 1.165) is 8.95 Å². The van der Waals surface area contributed by atoms with Crippen LogP contribution in [0.1, 0.15) is 41.4 Å². The minimum absolute atomic E-state index is 0.233. The van der Waals surface area contributed by atoms with Crippen LogP contribution < -0.4 is 21.7 Å². The van der Waals surface area contributed by atoms with Gasteiger partial charge in [0.25, 0.3) is 23.6 Å². The molecule has 0 aromatic heterocycles. The fraction of sp³-hybridized carbons (Fsp3) is 0. The summed E-state index contributed by atoms with van der Waals surface area (Å²) in [5, 5.41) is 0. The van der Waals surface area contributed by atoms with Crippen LogP contribution in [-0.2, 0) is 0 Å². The van der Waals surface area contributed by atoms with Gasteiger partial charge < -0.3 is 0 Å². The first kappa shape index (κ1) is 23.2. The first-order valence-electron chi connectivity index (χ1n) is 9.16. The van der Waals surface area contributed by atoms with E-state index in [-0.39, 0.29) is 11.1 Å². The van der Waals surface area contributed by atoms with Gasteiger partial charge in [0, 0.05) is 31.2 Å². The number of carbonyl (C=O) groups excluding carboxylic acids is 4. The van der Waals surface area contributed by atoms with E-state index in [0.29, 0.717) is 11.1 Å². The van der Waals surface area contributed by atoms with Crippen molar-refractivity contribution in [1.82, 2.24) is 21.7 Å². The molecule has 0 radical (unpaired) electrons. The highest BCUT2D eigenvalue weighted by Gasteiger charge is 2.12. The first-order chi connectivity index (χ1) is 15.3. The fourth-order valence-electron chi connectivity index (χ4n) is 2.49. The first-order valence-corrected chi connectivity index (χ1v) is 10.7. The Morgan fingerprint density at radius 3 is 0.812 bits per heavy atom. The van der Waals surface area contributed by atoms with Crippen molar-refractivity contribution in [2.75, 3.05) is 0 Å². The summed E-state index contributed by atoms with van der Waals surface area (Å²) in [6.45, 7) is 0. The predicted molar refractivity (Wildman–Crippen MR) is 125 cm³/mol. The van der Waals surface area contributed by atoms with Crippen LogP contribution in [0.5, 0.6) is 0 Å². The lowest BCUT2D eigenvalue weighted by atomic mass is 10.1. The second kappa shape index (κ2) is 10.7. The summed E-state index contributed by atoms with van der Waals surface area (Å²) >= 11 is 6.56. The molecule has 3 rings (SSSR count). The lowest BCUT2D eigenvalue weighted by Gasteiger charge is -2.09. The summed E-state index contributed by atoms with van der Waals surface area (Å²) in [5.41, 5.74) is 10.5. The molecule has 32 heavy (non-hydrogen) atoms. The van der Waals surface area contributed by atoms with Crippen LogP contribution in [0.15, 0.2) is 81.7 Å². The van der Waals surface area contributed by atoms with Crippen molar-refractivity contribution in [2.24, 2.45) is 0 Å². The Bertz CT molecular complexity index is 1060. The van der Waals surface area contributed by atoms with Gasteiger partial charge in [-0.15, -0.1) is 0 Å². The number of hydrazine groups is 2. The van der Waals surface area contributed by atoms with E-state index >= 15 is 0 Å². The van der Waals surface area contributed by atoms with Crippen molar-refractivity contribution in [1.29, 1.82) is 0 Å². The maximum Gasteiger partial charge on any atom is 0.269 e. The highest BCUT2D eigenvalue weighted by atomic mass is 79.9. The van der Waals surface area contributed by atoms with Crippen molar-refractivity contribution < 1.29 is 19.2 Å². The maximum atomic E-state index is 12.2. The molecule has 0 aliphatic rings. The molecule has 0 atom stereocenters. The van der Waals surface area contributed by atoms with Crippen LogP contribution in [0.25, 0.3) is 0 Å². The number of hydrogen-bond donors (Lipinski definition) is 4. The van der Waals surface area contributed by atoms with Crippen molar-refractivity contribution in [2.45, 2.75) is 0 Å². The van der Waals surface area contributed by atoms with Crippen molar-refractivity contribution in [3.8, 4) is 0 Å². The topological polar surface area (TPSA) is 116 Å². The van der Waals surface area contributed by atoms with Gasteiger partial charge in [0.05, 0.1) is 0 Å². The number of carbonyl (C=O) groups is 4. The van der Waals surface area contributed by atoms with Gasteiger partial charge in [0.2, 0.25) is 0 Å². The molecule has 0 aliphatic carbocycles. The van der Waals surface area contributed by atoms with Gasteiger partial charge in [0.15, 0.2) is 0 Å². The predicted octanol–water partition coefficient (Wildman–Crippen LogP) is 3.36. The summed E-state index contributed by atoms with van der Waals surface area (Å²) < 4.78 is 1.66. The SMILES string of the molecule is O=C(NNC(=O)c1ccc(C(=O)NNC(=O)c2ccc(Br)cc2)cc1)c1ccc(Br)cc1. The molecule has 3 aromatic rings. The lowest BCUT2D eigenvalue weighted by Crippen LogP contribution is -2.42. The molecule has 0 heterocycles. The summed E-state index contributed by atoms with van der Waals surface area (Å²) in [7, 11) is 0. The van der Waals surface area contributed by atoms with Crippen molar-refractivity contribution >= 4 is 55.5 Å². The van der Waals surface area contributed by atoms with Gasteiger partial charge in [0.1, 0.15) is 0 Å². The Morgan fingerprint density at radius 2 is 0.594 bits per heavy atom. The van der Waals surface area contributed by atoms with Gasteiger partial charge in [-0.3, -0.25) is 40.9 Å². The molecule has 0 saturated heterocycles. The molecule has 4 amide bonds. The third-order valence-electron chi connectivity index (χ3n) is 4.20. The Morgan fingerprint density at radius 1 is 0.406 bits per heavy atom.